The third kappa shape index (κ3) is 3.81. The summed E-state index contributed by atoms with van der Waals surface area (Å²) in [7, 11) is 0. The number of anilines is 1. The quantitative estimate of drug-likeness (QED) is 0.739. The molecule has 2 aromatic heterocycles. The minimum Gasteiger partial charge on any atom is -0.352 e. The van der Waals surface area contributed by atoms with E-state index in [9.17, 15) is 4.79 Å². The number of rotatable bonds is 4. The average Bonchev–Trinajstić information content (AvgIpc) is 3.10. The lowest BCUT2D eigenvalue weighted by Gasteiger charge is -2.31. The van der Waals surface area contributed by atoms with Crippen LogP contribution >= 0.6 is 22.9 Å². The zero-order valence-corrected chi connectivity index (χ0v) is 15.8. The molecule has 7 heteroatoms. The van der Waals surface area contributed by atoms with Gasteiger partial charge in [-0.2, -0.15) is 0 Å². The van der Waals surface area contributed by atoms with E-state index in [0.717, 1.165) is 40.4 Å². The number of hydrogen-bond donors (Lipinski definition) is 1. The number of hydrogen-bond acceptors (Lipinski definition) is 5. The summed E-state index contributed by atoms with van der Waals surface area (Å²) in [5.41, 5.74) is 1.93. The second kappa shape index (κ2) is 7.60. The lowest BCUT2D eigenvalue weighted by molar-refractivity contribution is -0.125. The van der Waals surface area contributed by atoms with Crippen LogP contribution in [0.25, 0.3) is 10.3 Å². The highest BCUT2D eigenvalue weighted by Crippen LogP contribution is 2.30. The maximum Gasteiger partial charge on any atom is 0.225 e. The molecule has 1 aliphatic rings. The molecule has 3 heterocycles. The zero-order valence-electron chi connectivity index (χ0n) is 14.2. The third-order valence-electron chi connectivity index (χ3n) is 4.57. The van der Waals surface area contributed by atoms with Crippen LogP contribution in [0.15, 0.2) is 42.6 Å². The summed E-state index contributed by atoms with van der Waals surface area (Å²) in [4.78, 5) is 24.8. The van der Waals surface area contributed by atoms with Crippen molar-refractivity contribution in [3.63, 3.8) is 0 Å². The number of halogens is 1. The van der Waals surface area contributed by atoms with Gasteiger partial charge in [0.1, 0.15) is 10.3 Å². The molecule has 3 aromatic rings. The number of benzene rings is 1. The fraction of sp³-hybridized carbons (Fsp3) is 0.316. The Morgan fingerprint density at radius 3 is 3.12 bits per heavy atom. The van der Waals surface area contributed by atoms with Crippen LogP contribution in [0, 0.1) is 5.92 Å². The molecule has 1 aromatic carbocycles. The highest BCUT2D eigenvalue weighted by Gasteiger charge is 2.27. The van der Waals surface area contributed by atoms with E-state index in [1.807, 2.05) is 36.4 Å². The topological polar surface area (TPSA) is 58.1 Å². The molecule has 0 spiro atoms. The fourth-order valence-corrected chi connectivity index (χ4v) is 4.40. The van der Waals surface area contributed by atoms with Gasteiger partial charge in [-0.1, -0.05) is 35.1 Å². The van der Waals surface area contributed by atoms with Crippen molar-refractivity contribution >= 4 is 44.3 Å². The predicted molar refractivity (Wildman–Crippen MR) is 106 cm³/mol. The molecule has 1 atom stereocenters. The Morgan fingerprint density at radius 2 is 2.27 bits per heavy atom. The number of piperidine rings is 1. The number of aromatic nitrogens is 2. The van der Waals surface area contributed by atoms with E-state index >= 15 is 0 Å². The van der Waals surface area contributed by atoms with E-state index in [2.05, 4.69) is 20.2 Å². The van der Waals surface area contributed by atoms with Crippen molar-refractivity contribution in [2.75, 3.05) is 18.0 Å². The van der Waals surface area contributed by atoms with Crippen LogP contribution in [0.1, 0.15) is 18.4 Å². The van der Waals surface area contributed by atoms with Gasteiger partial charge in [0, 0.05) is 30.9 Å². The summed E-state index contributed by atoms with van der Waals surface area (Å²) < 4.78 is 0. The van der Waals surface area contributed by atoms with Crippen LogP contribution in [0.3, 0.4) is 0 Å². The molecule has 1 aliphatic heterocycles. The van der Waals surface area contributed by atoms with E-state index in [0.29, 0.717) is 18.1 Å². The first-order valence-corrected chi connectivity index (χ1v) is 9.87. The molecule has 5 nitrogen and oxygen atoms in total. The first-order chi connectivity index (χ1) is 12.7. The third-order valence-corrected chi connectivity index (χ3v) is 5.85. The van der Waals surface area contributed by atoms with Crippen LogP contribution < -0.4 is 10.2 Å². The number of pyridine rings is 1. The van der Waals surface area contributed by atoms with Crippen LogP contribution in [-0.4, -0.2) is 29.0 Å². The molecule has 0 radical (unpaired) electrons. The minimum absolute atomic E-state index is 0.0251. The normalized spacial score (nSPS) is 17.4. The molecular weight excluding hydrogens is 368 g/mol. The second-order valence-electron chi connectivity index (χ2n) is 6.46. The van der Waals surface area contributed by atoms with Gasteiger partial charge >= 0.3 is 0 Å². The Hall–Kier alpha value is -2.18. The summed E-state index contributed by atoms with van der Waals surface area (Å²) in [5.74, 6) is 0.0665. The van der Waals surface area contributed by atoms with Gasteiger partial charge < -0.3 is 10.2 Å². The van der Waals surface area contributed by atoms with Crippen molar-refractivity contribution in [1.82, 2.24) is 15.3 Å². The van der Waals surface area contributed by atoms with E-state index in [-0.39, 0.29) is 11.8 Å². The second-order valence-corrected chi connectivity index (χ2v) is 7.85. The maximum absolute atomic E-state index is 12.6. The highest BCUT2D eigenvalue weighted by molar-refractivity contribution is 7.21. The summed E-state index contributed by atoms with van der Waals surface area (Å²) >= 11 is 7.59. The van der Waals surface area contributed by atoms with E-state index in [4.69, 9.17) is 11.6 Å². The smallest absolute Gasteiger partial charge is 0.225 e. The van der Waals surface area contributed by atoms with Gasteiger partial charge in [-0.05, 0) is 42.7 Å². The molecule has 1 saturated heterocycles. The highest BCUT2D eigenvalue weighted by atomic mass is 35.5. The molecule has 1 fully saturated rings. The van der Waals surface area contributed by atoms with Gasteiger partial charge in [-0.3, -0.25) is 4.79 Å². The number of amides is 1. The fourth-order valence-electron chi connectivity index (χ4n) is 3.24. The largest absolute Gasteiger partial charge is 0.352 e. The number of thiazole rings is 1. The standard InChI is InChI=1S/C19H19ClN4OS/c20-15-6-1-4-13(10-15)11-22-17(25)14-5-3-9-24(12-14)19-23-16-7-2-8-21-18(16)26-19/h1-2,4,6-8,10,14H,3,5,9,11-12H2,(H,22,25)/t14-/m0/s1. The Labute approximate surface area is 161 Å². The molecule has 0 bridgehead atoms. The zero-order chi connectivity index (χ0) is 17.9. The van der Waals surface area contributed by atoms with Gasteiger partial charge in [0.15, 0.2) is 5.13 Å². The van der Waals surface area contributed by atoms with Crippen molar-refractivity contribution < 1.29 is 4.79 Å². The number of nitrogens with one attached hydrogen (secondary N) is 1. The lowest BCUT2D eigenvalue weighted by atomic mass is 9.97. The average molecular weight is 387 g/mol. The molecule has 1 N–H and O–H groups in total. The van der Waals surface area contributed by atoms with Gasteiger partial charge in [-0.15, -0.1) is 0 Å². The molecule has 0 saturated carbocycles. The Morgan fingerprint density at radius 1 is 1.35 bits per heavy atom. The molecule has 0 unspecified atom stereocenters. The van der Waals surface area contributed by atoms with Gasteiger partial charge in [0.2, 0.25) is 5.91 Å². The van der Waals surface area contributed by atoms with Gasteiger partial charge in [0.05, 0.1) is 5.92 Å². The minimum atomic E-state index is -0.0251. The number of carbonyl (C=O) groups is 1. The van der Waals surface area contributed by atoms with E-state index < -0.39 is 0 Å². The van der Waals surface area contributed by atoms with Crippen molar-refractivity contribution in [3.8, 4) is 0 Å². The van der Waals surface area contributed by atoms with Crippen molar-refractivity contribution in [2.45, 2.75) is 19.4 Å². The maximum atomic E-state index is 12.6. The van der Waals surface area contributed by atoms with Crippen LogP contribution in [-0.2, 0) is 11.3 Å². The number of nitrogens with zero attached hydrogens (tertiary/aromatic N) is 3. The summed E-state index contributed by atoms with van der Waals surface area (Å²) in [5, 5.41) is 4.68. The SMILES string of the molecule is O=C(NCc1cccc(Cl)c1)[C@H]1CCCN(c2nc3cccnc3s2)C1. The molecule has 4 rings (SSSR count). The Balaban J connectivity index is 1.40. The van der Waals surface area contributed by atoms with Crippen LogP contribution in [0.5, 0.6) is 0 Å². The summed E-state index contributed by atoms with van der Waals surface area (Å²) in [6.07, 6.45) is 3.67. The molecule has 134 valence electrons. The molecular formula is C19H19ClN4OS. The number of fused-ring (bicyclic) bond motifs is 1. The van der Waals surface area contributed by atoms with Crippen molar-refractivity contribution in [2.24, 2.45) is 5.92 Å². The van der Waals surface area contributed by atoms with E-state index in [1.165, 1.54) is 0 Å². The molecule has 1 amide bonds. The monoisotopic (exact) mass is 386 g/mol. The van der Waals surface area contributed by atoms with Crippen molar-refractivity contribution in [3.05, 3.63) is 53.2 Å². The van der Waals surface area contributed by atoms with Crippen LogP contribution in [0.4, 0.5) is 5.13 Å². The lowest BCUT2D eigenvalue weighted by Crippen LogP contribution is -2.42. The number of carbonyl (C=O) groups excluding carboxylic acids is 1. The first kappa shape index (κ1) is 17.2. The van der Waals surface area contributed by atoms with Gasteiger partial charge in [-0.25, -0.2) is 9.97 Å². The predicted octanol–water partition coefficient (Wildman–Crippen LogP) is 3.88. The van der Waals surface area contributed by atoms with Gasteiger partial charge in [0.25, 0.3) is 0 Å². The van der Waals surface area contributed by atoms with Crippen LogP contribution in [0.2, 0.25) is 5.02 Å². The molecule has 0 aliphatic carbocycles. The Bertz CT molecular complexity index is 896. The van der Waals surface area contributed by atoms with E-state index in [1.54, 1.807) is 17.5 Å². The molecule has 26 heavy (non-hydrogen) atoms. The summed E-state index contributed by atoms with van der Waals surface area (Å²) in [6.45, 7) is 2.13. The van der Waals surface area contributed by atoms with Crippen molar-refractivity contribution in [1.29, 1.82) is 0 Å². The summed E-state index contributed by atoms with van der Waals surface area (Å²) in [6, 6.07) is 11.4. The Kier molecular flexibility index (Phi) is 5.04. The first-order valence-electron chi connectivity index (χ1n) is 8.68.